The maximum atomic E-state index is 12.2. The summed E-state index contributed by atoms with van der Waals surface area (Å²) in [7, 11) is 0. The van der Waals surface area contributed by atoms with Crippen LogP contribution in [-0.2, 0) is 4.79 Å². The number of aliphatic hydroxyl groups is 1. The molecule has 0 atom stereocenters. The summed E-state index contributed by atoms with van der Waals surface area (Å²) < 4.78 is 0. The average Bonchev–Trinajstić information content (AvgIpc) is 2.98. The van der Waals surface area contributed by atoms with Crippen molar-refractivity contribution in [2.75, 3.05) is 31.6 Å². The van der Waals surface area contributed by atoms with Crippen molar-refractivity contribution < 1.29 is 19.8 Å². The first kappa shape index (κ1) is 18.1. The number of benzene rings is 1. The van der Waals surface area contributed by atoms with E-state index in [1.807, 2.05) is 37.3 Å². The van der Waals surface area contributed by atoms with Crippen molar-refractivity contribution >= 4 is 28.2 Å². The second-order valence-electron chi connectivity index (χ2n) is 5.17. The van der Waals surface area contributed by atoms with Crippen molar-refractivity contribution in [2.24, 2.45) is 0 Å². The number of thiophene rings is 1. The Kier molecular flexibility index (Phi) is 6.48. The van der Waals surface area contributed by atoms with Crippen molar-refractivity contribution in [1.82, 2.24) is 4.90 Å². The zero-order valence-electron chi connectivity index (χ0n) is 13.4. The Morgan fingerprint density at radius 2 is 1.96 bits per heavy atom. The van der Waals surface area contributed by atoms with Crippen molar-refractivity contribution in [2.45, 2.75) is 6.92 Å². The van der Waals surface area contributed by atoms with Crippen LogP contribution in [0.1, 0.15) is 17.3 Å². The molecule has 2 aromatic rings. The maximum Gasteiger partial charge on any atom is 0.339 e. The van der Waals surface area contributed by atoms with Gasteiger partial charge in [0.25, 0.3) is 0 Å². The number of carboxylic acid groups (broad SMARTS) is 1. The van der Waals surface area contributed by atoms with E-state index in [1.54, 1.807) is 10.3 Å². The highest BCUT2D eigenvalue weighted by Crippen LogP contribution is 2.35. The number of hydrogen-bond acceptors (Lipinski definition) is 5. The van der Waals surface area contributed by atoms with Gasteiger partial charge in [-0.15, -0.1) is 11.3 Å². The van der Waals surface area contributed by atoms with Gasteiger partial charge in [-0.2, -0.15) is 0 Å². The molecule has 1 aromatic carbocycles. The normalized spacial score (nSPS) is 10.8. The molecule has 0 saturated heterocycles. The van der Waals surface area contributed by atoms with E-state index in [0.717, 1.165) is 5.56 Å². The molecule has 1 aromatic heterocycles. The third-order valence-corrected chi connectivity index (χ3v) is 4.47. The van der Waals surface area contributed by atoms with Crippen molar-refractivity contribution in [3.05, 3.63) is 41.3 Å². The number of amides is 1. The highest BCUT2D eigenvalue weighted by molar-refractivity contribution is 7.15. The number of likely N-dealkylation sites (N-methyl/N-ethyl adjacent to an activating group) is 1. The van der Waals surface area contributed by atoms with Crippen LogP contribution in [0.3, 0.4) is 0 Å². The zero-order chi connectivity index (χ0) is 17.5. The second-order valence-corrected chi connectivity index (χ2v) is 6.04. The van der Waals surface area contributed by atoms with Crippen LogP contribution < -0.4 is 5.32 Å². The van der Waals surface area contributed by atoms with Crippen LogP contribution in [0.5, 0.6) is 0 Å². The van der Waals surface area contributed by atoms with E-state index >= 15 is 0 Å². The predicted molar refractivity (Wildman–Crippen MR) is 94.5 cm³/mol. The van der Waals surface area contributed by atoms with Crippen molar-refractivity contribution in [1.29, 1.82) is 0 Å². The Hall–Kier alpha value is -2.22. The van der Waals surface area contributed by atoms with E-state index in [0.29, 0.717) is 23.7 Å². The van der Waals surface area contributed by atoms with Gasteiger partial charge in [0.15, 0.2) is 0 Å². The number of anilines is 1. The van der Waals surface area contributed by atoms with E-state index in [2.05, 4.69) is 5.32 Å². The molecule has 128 valence electrons. The smallest absolute Gasteiger partial charge is 0.339 e. The fourth-order valence-electron chi connectivity index (χ4n) is 2.35. The molecule has 0 spiro atoms. The first-order valence-electron chi connectivity index (χ1n) is 7.60. The molecular formula is C17H20N2O4S. The number of carboxylic acids is 1. The summed E-state index contributed by atoms with van der Waals surface area (Å²) in [6, 6.07) is 9.20. The van der Waals surface area contributed by atoms with E-state index in [4.69, 9.17) is 5.11 Å². The molecule has 0 fully saturated rings. The molecular weight excluding hydrogens is 328 g/mol. The Morgan fingerprint density at radius 1 is 1.25 bits per heavy atom. The Bertz CT molecular complexity index is 700. The molecule has 3 N–H and O–H groups in total. The number of rotatable bonds is 8. The number of hydrogen-bond donors (Lipinski definition) is 3. The minimum Gasteiger partial charge on any atom is -0.478 e. The lowest BCUT2D eigenvalue weighted by Crippen LogP contribution is -2.35. The van der Waals surface area contributed by atoms with Gasteiger partial charge in [-0.3, -0.25) is 9.69 Å². The van der Waals surface area contributed by atoms with Gasteiger partial charge in [-0.1, -0.05) is 37.3 Å². The Labute approximate surface area is 144 Å². The SMILES string of the molecule is CCN(CCO)CC(=O)Nc1scc(-c2ccccc2)c1C(=O)O. The molecule has 0 aliphatic rings. The summed E-state index contributed by atoms with van der Waals surface area (Å²) in [6.45, 7) is 2.99. The first-order valence-corrected chi connectivity index (χ1v) is 8.48. The van der Waals surface area contributed by atoms with Gasteiger partial charge >= 0.3 is 5.97 Å². The van der Waals surface area contributed by atoms with E-state index in [1.165, 1.54) is 11.3 Å². The molecule has 0 aliphatic heterocycles. The Balaban J connectivity index is 2.21. The van der Waals surface area contributed by atoms with Crippen molar-refractivity contribution in [3.8, 4) is 11.1 Å². The lowest BCUT2D eigenvalue weighted by Gasteiger charge is -2.18. The van der Waals surface area contributed by atoms with Crippen LogP contribution in [0.15, 0.2) is 35.7 Å². The summed E-state index contributed by atoms with van der Waals surface area (Å²) in [6.07, 6.45) is 0. The molecule has 2 rings (SSSR count). The maximum absolute atomic E-state index is 12.2. The summed E-state index contributed by atoms with van der Waals surface area (Å²) in [5, 5.41) is 23.2. The largest absolute Gasteiger partial charge is 0.478 e. The third kappa shape index (κ3) is 4.41. The minimum atomic E-state index is -1.08. The fourth-order valence-corrected chi connectivity index (χ4v) is 3.33. The molecule has 0 radical (unpaired) electrons. The van der Waals surface area contributed by atoms with E-state index < -0.39 is 5.97 Å². The molecule has 0 aliphatic carbocycles. The van der Waals surface area contributed by atoms with Gasteiger partial charge in [0.2, 0.25) is 5.91 Å². The summed E-state index contributed by atoms with van der Waals surface area (Å²) in [5.74, 6) is -1.37. The second kappa shape index (κ2) is 8.58. The summed E-state index contributed by atoms with van der Waals surface area (Å²) in [5.41, 5.74) is 1.48. The molecule has 0 bridgehead atoms. The Morgan fingerprint density at radius 3 is 2.54 bits per heavy atom. The first-order chi connectivity index (χ1) is 11.6. The van der Waals surface area contributed by atoms with Gasteiger partial charge in [0.05, 0.1) is 13.2 Å². The van der Waals surface area contributed by atoms with Crippen LogP contribution in [0.4, 0.5) is 5.00 Å². The number of carbonyl (C=O) groups is 2. The monoisotopic (exact) mass is 348 g/mol. The lowest BCUT2D eigenvalue weighted by atomic mass is 10.0. The van der Waals surface area contributed by atoms with Crippen LogP contribution in [0.25, 0.3) is 11.1 Å². The minimum absolute atomic E-state index is 0.0291. The van der Waals surface area contributed by atoms with E-state index in [-0.39, 0.29) is 24.6 Å². The van der Waals surface area contributed by atoms with Gasteiger partial charge in [0, 0.05) is 17.5 Å². The number of nitrogens with zero attached hydrogens (tertiary/aromatic N) is 1. The van der Waals surface area contributed by atoms with Gasteiger partial charge in [0.1, 0.15) is 10.6 Å². The standard InChI is InChI=1S/C17H20N2O4S/c1-2-19(8-9-20)10-14(21)18-16-15(17(22)23)13(11-24-16)12-6-4-3-5-7-12/h3-7,11,20H,2,8-10H2,1H3,(H,18,21)(H,22,23). The van der Waals surface area contributed by atoms with Crippen LogP contribution in [0.2, 0.25) is 0 Å². The topological polar surface area (TPSA) is 89.9 Å². The number of aliphatic hydroxyl groups excluding tert-OH is 1. The number of carbonyl (C=O) groups excluding carboxylic acids is 1. The molecule has 1 heterocycles. The predicted octanol–water partition coefficient (Wildman–Crippen LogP) is 2.37. The molecule has 6 nitrogen and oxygen atoms in total. The molecule has 1 amide bonds. The van der Waals surface area contributed by atoms with Crippen LogP contribution >= 0.6 is 11.3 Å². The summed E-state index contributed by atoms with van der Waals surface area (Å²) >= 11 is 1.20. The number of nitrogens with one attached hydrogen (secondary N) is 1. The lowest BCUT2D eigenvalue weighted by molar-refractivity contribution is -0.117. The fraction of sp³-hybridized carbons (Fsp3) is 0.294. The number of aromatic carboxylic acids is 1. The quantitative estimate of drug-likeness (QED) is 0.681. The van der Waals surface area contributed by atoms with Gasteiger partial charge < -0.3 is 15.5 Å². The summed E-state index contributed by atoms with van der Waals surface area (Å²) in [4.78, 5) is 25.6. The average molecular weight is 348 g/mol. The molecule has 0 saturated carbocycles. The van der Waals surface area contributed by atoms with Crippen LogP contribution in [0, 0.1) is 0 Å². The third-order valence-electron chi connectivity index (χ3n) is 3.57. The van der Waals surface area contributed by atoms with Gasteiger partial charge in [-0.25, -0.2) is 4.79 Å². The molecule has 24 heavy (non-hydrogen) atoms. The van der Waals surface area contributed by atoms with Crippen molar-refractivity contribution in [3.63, 3.8) is 0 Å². The van der Waals surface area contributed by atoms with Crippen LogP contribution in [-0.4, -0.2) is 53.2 Å². The van der Waals surface area contributed by atoms with Gasteiger partial charge in [-0.05, 0) is 12.1 Å². The zero-order valence-corrected chi connectivity index (χ0v) is 14.2. The highest BCUT2D eigenvalue weighted by Gasteiger charge is 2.21. The molecule has 7 heteroatoms. The molecule has 0 unspecified atom stereocenters. The highest BCUT2D eigenvalue weighted by atomic mass is 32.1. The van der Waals surface area contributed by atoms with E-state index in [9.17, 15) is 14.7 Å².